The molecule has 2 atom stereocenters. The van der Waals surface area contributed by atoms with E-state index in [0.29, 0.717) is 6.61 Å². The highest BCUT2D eigenvalue weighted by Gasteiger charge is 2.27. The molecule has 0 saturated carbocycles. The third-order valence-corrected chi connectivity index (χ3v) is 6.03. The summed E-state index contributed by atoms with van der Waals surface area (Å²) in [6, 6.07) is 2.75. The van der Waals surface area contributed by atoms with Gasteiger partial charge in [0.1, 0.15) is 4.90 Å². The first-order valence-electron chi connectivity index (χ1n) is 6.56. The summed E-state index contributed by atoms with van der Waals surface area (Å²) in [6.45, 7) is 2.43. The number of halogens is 2. The summed E-state index contributed by atoms with van der Waals surface area (Å²) in [5, 5.41) is 9.41. The van der Waals surface area contributed by atoms with E-state index in [2.05, 4.69) is 4.72 Å². The van der Waals surface area contributed by atoms with Gasteiger partial charge in [-0.15, -0.1) is 0 Å². The van der Waals surface area contributed by atoms with E-state index in [-0.39, 0.29) is 39.1 Å². The average Bonchev–Trinajstić information content (AvgIpc) is 2.82. The van der Waals surface area contributed by atoms with Crippen molar-refractivity contribution in [3.8, 4) is 0 Å². The van der Waals surface area contributed by atoms with Crippen LogP contribution < -0.4 is 4.72 Å². The molecule has 2 N–H and O–H groups in total. The van der Waals surface area contributed by atoms with Crippen molar-refractivity contribution in [2.24, 2.45) is 5.92 Å². The molecule has 0 radical (unpaired) electrons. The van der Waals surface area contributed by atoms with Gasteiger partial charge in [0, 0.05) is 29.7 Å². The zero-order chi connectivity index (χ0) is 15.6. The molecule has 8 heteroatoms. The molecule has 0 amide bonds. The lowest BCUT2D eigenvalue weighted by Crippen LogP contribution is -2.32. The fourth-order valence-electron chi connectivity index (χ4n) is 2.27. The quantitative estimate of drug-likeness (QED) is 0.850. The molecular formula is C13H17Cl2NO4S. The van der Waals surface area contributed by atoms with E-state index in [0.717, 1.165) is 6.42 Å². The molecule has 5 nitrogen and oxygen atoms in total. The Morgan fingerprint density at radius 1 is 1.43 bits per heavy atom. The van der Waals surface area contributed by atoms with Crippen molar-refractivity contribution in [3.05, 3.63) is 27.7 Å². The number of hydrogen-bond acceptors (Lipinski definition) is 4. The van der Waals surface area contributed by atoms with E-state index in [1.54, 1.807) is 0 Å². The molecule has 1 aliphatic rings. The van der Waals surface area contributed by atoms with E-state index in [9.17, 15) is 13.5 Å². The van der Waals surface area contributed by atoms with Gasteiger partial charge in [0.05, 0.1) is 17.7 Å². The minimum Gasteiger partial charge on any atom is -0.392 e. The van der Waals surface area contributed by atoms with E-state index in [1.165, 1.54) is 12.1 Å². The minimum absolute atomic E-state index is 0.0291. The van der Waals surface area contributed by atoms with Crippen LogP contribution in [-0.4, -0.2) is 32.8 Å². The summed E-state index contributed by atoms with van der Waals surface area (Å²) in [5.74, 6) is 0.142. The molecule has 0 aliphatic carbocycles. The molecule has 1 fully saturated rings. The Bertz CT molecular complexity index is 621. The lowest BCUT2D eigenvalue weighted by molar-refractivity contribution is 0.107. The number of benzene rings is 1. The summed E-state index contributed by atoms with van der Waals surface area (Å²) >= 11 is 11.9. The smallest absolute Gasteiger partial charge is 0.242 e. The summed E-state index contributed by atoms with van der Waals surface area (Å²) in [6.07, 6.45) is 0.848. The second-order valence-corrected chi connectivity index (χ2v) is 7.49. The Balaban J connectivity index is 2.20. The molecule has 1 aromatic carbocycles. The van der Waals surface area contributed by atoms with Crippen LogP contribution >= 0.6 is 23.2 Å². The average molecular weight is 354 g/mol. The molecule has 1 saturated heterocycles. The Hall–Kier alpha value is -0.370. The van der Waals surface area contributed by atoms with Crippen LogP contribution in [0.25, 0.3) is 0 Å². The first-order valence-corrected chi connectivity index (χ1v) is 8.79. The number of aliphatic hydroxyl groups excluding tert-OH is 1. The lowest BCUT2D eigenvalue weighted by Gasteiger charge is -2.16. The standard InChI is InChI=1S/C13H17Cl2NO4S/c1-8-9(4-5-20-8)6-16-21(18,19)12-3-2-11(14)10(7-17)13(12)15/h2-3,8-9,16-17H,4-7H2,1H3. The molecule has 1 aliphatic heterocycles. The van der Waals surface area contributed by atoms with Crippen molar-refractivity contribution in [2.75, 3.05) is 13.2 Å². The van der Waals surface area contributed by atoms with Crippen molar-refractivity contribution < 1.29 is 18.3 Å². The van der Waals surface area contributed by atoms with Crippen LogP contribution in [-0.2, 0) is 21.4 Å². The third-order valence-electron chi connectivity index (χ3n) is 3.67. The van der Waals surface area contributed by atoms with Crippen molar-refractivity contribution in [1.29, 1.82) is 0 Å². The van der Waals surface area contributed by atoms with E-state index >= 15 is 0 Å². The van der Waals surface area contributed by atoms with Gasteiger partial charge in [0.2, 0.25) is 10.0 Å². The molecule has 0 spiro atoms. The van der Waals surface area contributed by atoms with Crippen molar-refractivity contribution in [3.63, 3.8) is 0 Å². The number of hydrogen-bond donors (Lipinski definition) is 2. The maximum absolute atomic E-state index is 12.3. The Labute approximate surface area is 134 Å². The van der Waals surface area contributed by atoms with Gasteiger partial charge < -0.3 is 9.84 Å². The summed E-state index contributed by atoms with van der Waals surface area (Å²) in [7, 11) is -3.76. The first kappa shape index (κ1) is 17.0. The van der Waals surface area contributed by atoms with E-state index in [4.69, 9.17) is 27.9 Å². The van der Waals surface area contributed by atoms with Gasteiger partial charge in [-0.3, -0.25) is 0 Å². The molecule has 0 aromatic heterocycles. The van der Waals surface area contributed by atoms with Gasteiger partial charge in [-0.1, -0.05) is 23.2 Å². The van der Waals surface area contributed by atoms with Crippen LogP contribution in [0.5, 0.6) is 0 Å². The number of nitrogens with one attached hydrogen (secondary N) is 1. The fraction of sp³-hybridized carbons (Fsp3) is 0.538. The lowest BCUT2D eigenvalue weighted by atomic mass is 10.0. The molecule has 1 aromatic rings. The molecule has 0 bridgehead atoms. The summed E-state index contributed by atoms with van der Waals surface area (Å²) in [4.78, 5) is -0.0795. The Morgan fingerprint density at radius 2 is 2.14 bits per heavy atom. The van der Waals surface area contributed by atoms with Crippen LogP contribution in [0.3, 0.4) is 0 Å². The molecule has 1 heterocycles. The minimum atomic E-state index is -3.76. The van der Waals surface area contributed by atoms with Crippen molar-refractivity contribution in [2.45, 2.75) is 31.0 Å². The molecule has 2 unspecified atom stereocenters. The SMILES string of the molecule is CC1OCCC1CNS(=O)(=O)c1ccc(Cl)c(CO)c1Cl. The van der Waals surface area contributed by atoms with Crippen LogP contribution in [0.15, 0.2) is 17.0 Å². The fourth-order valence-corrected chi connectivity index (χ4v) is 4.26. The van der Waals surface area contributed by atoms with Gasteiger partial charge in [0.25, 0.3) is 0 Å². The predicted molar refractivity (Wildman–Crippen MR) is 81.1 cm³/mol. The molecule has 21 heavy (non-hydrogen) atoms. The van der Waals surface area contributed by atoms with Gasteiger partial charge in [-0.05, 0) is 25.5 Å². The number of ether oxygens (including phenoxy) is 1. The highest BCUT2D eigenvalue weighted by molar-refractivity contribution is 7.89. The zero-order valence-corrected chi connectivity index (χ0v) is 13.8. The Kier molecular flexibility index (Phi) is 5.51. The summed E-state index contributed by atoms with van der Waals surface area (Å²) in [5.41, 5.74) is 0.207. The second-order valence-electron chi connectivity index (χ2n) is 4.97. The van der Waals surface area contributed by atoms with Crippen LogP contribution in [0.2, 0.25) is 10.0 Å². The molecule has 2 rings (SSSR count). The van der Waals surface area contributed by atoms with E-state index < -0.39 is 16.6 Å². The maximum Gasteiger partial charge on any atom is 0.242 e. The number of aliphatic hydroxyl groups is 1. The highest BCUT2D eigenvalue weighted by Crippen LogP contribution is 2.31. The van der Waals surface area contributed by atoms with Crippen LogP contribution in [0.1, 0.15) is 18.9 Å². The molecular weight excluding hydrogens is 337 g/mol. The van der Waals surface area contributed by atoms with Crippen molar-refractivity contribution in [1.82, 2.24) is 4.72 Å². The third kappa shape index (κ3) is 3.70. The zero-order valence-electron chi connectivity index (χ0n) is 11.5. The van der Waals surface area contributed by atoms with Crippen LogP contribution in [0, 0.1) is 5.92 Å². The van der Waals surface area contributed by atoms with Gasteiger partial charge in [-0.2, -0.15) is 0 Å². The monoisotopic (exact) mass is 353 g/mol. The predicted octanol–water partition coefficient (Wildman–Crippen LogP) is 2.19. The summed E-state index contributed by atoms with van der Waals surface area (Å²) < 4.78 is 32.6. The van der Waals surface area contributed by atoms with Gasteiger partial charge >= 0.3 is 0 Å². The number of sulfonamides is 1. The second kappa shape index (κ2) is 6.81. The van der Waals surface area contributed by atoms with E-state index in [1.807, 2.05) is 6.92 Å². The van der Waals surface area contributed by atoms with Gasteiger partial charge in [-0.25, -0.2) is 13.1 Å². The molecule has 118 valence electrons. The highest BCUT2D eigenvalue weighted by atomic mass is 35.5. The maximum atomic E-state index is 12.3. The topological polar surface area (TPSA) is 75.6 Å². The number of rotatable bonds is 5. The van der Waals surface area contributed by atoms with Gasteiger partial charge in [0.15, 0.2) is 0 Å². The van der Waals surface area contributed by atoms with Crippen molar-refractivity contribution >= 4 is 33.2 Å². The Morgan fingerprint density at radius 3 is 2.71 bits per heavy atom. The largest absolute Gasteiger partial charge is 0.392 e. The van der Waals surface area contributed by atoms with Crippen LogP contribution in [0.4, 0.5) is 0 Å². The first-order chi connectivity index (χ1) is 9.86. The normalized spacial score (nSPS) is 22.7.